The molecule has 0 aromatic heterocycles. The number of aromatic hydroxyl groups is 1. The molecule has 0 heterocycles. The fourth-order valence-electron chi connectivity index (χ4n) is 8.09. The fraction of sp³-hybridized carbons (Fsp3) is 0.635. The molecule has 0 aliphatic heterocycles. The molecule has 9 atom stereocenters. The Labute approximate surface area is 502 Å². The van der Waals surface area contributed by atoms with Gasteiger partial charge >= 0.3 is 17.9 Å². The van der Waals surface area contributed by atoms with Gasteiger partial charge in [-0.15, -0.1) is 0 Å². The number of amides is 8. The van der Waals surface area contributed by atoms with E-state index >= 15 is 0 Å². The van der Waals surface area contributed by atoms with Crippen LogP contribution < -0.4 is 76.9 Å². The van der Waals surface area contributed by atoms with E-state index in [1.807, 2.05) is 0 Å². The number of hydrogen-bond donors (Lipinski definition) is 18. The molecule has 0 aliphatic rings. The molecule has 0 bridgehead atoms. The summed E-state index contributed by atoms with van der Waals surface area (Å²) in [5.41, 5.74) is 34.1. The Kier molecular flexibility index (Phi) is 36.7. The van der Waals surface area contributed by atoms with Crippen molar-refractivity contribution in [2.45, 2.75) is 158 Å². The molecule has 31 nitrogen and oxygen atoms in total. The molecule has 8 amide bonds. The average Bonchev–Trinajstić information content (AvgIpc) is 3.60. The van der Waals surface area contributed by atoms with Gasteiger partial charge in [-0.3, -0.25) is 57.9 Å². The number of carboxylic acids is 3. The second kappa shape index (κ2) is 41.4. The van der Waals surface area contributed by atoms with E-state index in [2.05, 4.69) is 52.5 Å². The van der Waals surface area contributed by atoms with E-state index in [9.17, 15) is 68.1 Å². The van der Waals surface area contributed by atoms with E-state index in [0.29, 0.717) is 29.9 Å². The summed E-state index contributed by atoms with van der Waals surface area (Å²) in [6.45, 7) is 3.59. The number of thioether (sulfide) groups is 2. The highest BCUT2D eigenvalue weighted by Gasteiger charge is 2.35. The maximum absolute atomic E-state index is 14.5. The van der Waals surface area contributed by atoms with Crippen molar-refractivity contribution in [3.05, 3.63) is 29.8 Å². The van der Waals surface area contributed by atoms with Crippen LogP contribution in [0.1, 0.15) is 103 Å². The van der Waals surface area contributed by atoms with E-state index in [1.54, 1.807) is 26.4 Å². The molecule has 0 saturated carbocycles. The van der Waals surface area contributed by atoms with Crippen LogP contribution >= 0.6 is 23.5 Å². The van der Waals surface area contributed by atoms with Gasteiger partial charge in [0.15, 0.2) is 11.9 Å². The molecule has 0 aliphatic carbocycles. The van der Waals surface area contributed by atoms with Gasteiger partial charge in [0.05, 0.1) is 12.5 Å². The van der Waals surface area contributed by atoms with Crippen LogP contribution in [0.25, 0.3) is 0 Å². The lowest BCUT2D eigenvalue weighted by Crippen LogP contribution is -2.60. The Morgan fingerprint density at radius 2 is 0.859 bits per heavy atom. The largest absolute Gasteiger partial charge is 0.508 e. The molecule has 0 radical (unpaired) electrons. The van der Waals surface area contributed by atoms with E-state index in [-0.39, 0.29) is 101 Å². The first-order valence-corrected chi connectivity index (χ1v) is 30.3. The molecule has 33 heteroatoms. The molecule has 0 fully saturated rings. The number of nitrogens with two attached hydrogens (primary N) is 6. The summed E-state index contributed by atoms with van der Waals surface area (Å²) in [6.07, 6.45) is 2.04. The highest BCUT2D eigenvalue weighted by atomic mass is 32.2. The number of unbranched alkanes of at least 4 members (excludes halogenated alkanes) is 1. The highest BCUT2D eigenvalue weighted by molar-refractivity contribution is 7.98. The van der Waals surface area contributed by atoms with Gasteiger partial charge in [-0.25, -0.2) is 4.79 Å². The second-order valence-electron chi connectivity index (χ2n) is 20.2. The SMILES string of the molecule is CSCC[C@H](NC(=O)[C@H](CCSC)NC(=O)[C@H](CCCCN)NC(=O)[C@H](CCCN=C(N)N)NC(=O)[C@H](CCCN=C(N)N)NC(=O)[C@H](CC(C)C)NC(=O)[C@H](CCC(=O)O)NC(=O)[C@@H](N)CC(=O)O)C(=O)N[C@@H](Cc1ccc(O)cc1)C(=O)O. The summed E-state index contributed by atoms with van der Waals surface area (Å²) < 4.78 is 0. The molecular formula is C52H88N16O15S2. The predicted octanol–water partition coefficient (Wildman–Crippen LogP) is -3.65. The lowest BCUT2D eigenvalue weighted by atomic mass is 10.0. The van der Waals surface area contributed by atoms with Crippen LogP contribution in [-0.4, -0.2) is 196 Å². The number of carbonyl (C=O) groups excluding carboxylic acids is 8. The molecule has 1 aromatic carbocycles. The fourth-order valence-corrected chi connectivity index (χ4v) is 9.03. The number of carbonyl (C=O) groups is 11. The monoisotopic (exact) mass is 1240 g/mol. The maximum Gasteiger partial charge on any atom is 0.326 e. The number of nitrogens with one attached hydrogen (secondary N) is 8. The Morgan fingerprint density at radius 1 is 0.494 bits per heavy atom. The third-order valence-corrected chi connectivity index (χ3v) is 13.9. The van der Waals surface area contributed by atoms with Gasteiger partial charge in [0.1, 0.15) is 54.1 Å². The van der Waals surface area contributed by atoms with Crippen molar-refractivity contribution in [3.8, 4) is 5.75 Å². The van der Waals surface area contributed by atoms with Crippen LogP contribution in [0.5, 0.6) is 5.75 Å². The van der Waals surface area contributed by atoms with Crippen molar-refractivity contribution < 1.29 is 73.2 Å². The molecule has 1 rings (SSSR count). The van der Waals surface area contributed by atoms with Crippen molar-refractivity contribution in [2.75, 3.05) is 43.7 Å². The molecule has 0 unspecified atom stereocenters. The minimum absolute atomic E-state index is 0.0148. The smallest absolute Gasteiger partial charge is 0.326 e. The topological polar surface area (TPSA) is 546 Å². The third-order valence-electron chi connectivity index (χ3n) is 12.6. The van der Waals surface area contributed by atoms with Crippen molar-refractivity contribution in [3.63, 3.8) is 0 Å². The number of phenols is 1. The first-order valence-electron chi connectivity index (χ1n) is 27.5. The Morgan fingerprint density at radius 3 is 1.22 bits per heavy atom. The first kappa shape index (κ1) is 75.4. The molecule has 0 saturated heterocycles. The van der Waals surface area contributed by atoms with Gasteiger partial charge in [0.25, 0.3) is 0 Å². The molecule has 24 N–H and O–H groups in total. The van der Waals surface area contributed by atoms with Crippen LogP contribution in [0, 0.1) is 5.92 Å². The van der Waals surface area contributed by atoms with Crippen molar-refractivity contribution in [1.29, 1.82) is 0 Å². The summed E-state index contributed by atoms with van der Waals surface area (Å²) in [5, 5.41) is 58.8. The zero-order chi connectivity index (χ0) is 64.2. The van der Waals surface area contributed by atoms with Gasteiger partial charge in [-0.05, 0) is 125 Å². The third kappa shape index (κ3) is 32.3. The second-order valence-corrected chi connectivity index (χ2v) is 22.2. The van der Waals surface area contributed by atoms with E-state index in [1.165, 1.54) is 47.8 Å². The van der Waals surface area contributed by atoms with Crippen LogP contribution in [0.4, 0.5) is 0 Å². The number of aliphatic carboxylic acids is 3. The number of nitrogens with zero attached hydrogens (tertiary/aromatic N) is 2. The van der Waals surface area contributed by atoms with Gasteiger partial charge in [-0.2, -0.15) is 23.5 Å². The lowest BCUT2D eigenvalue weighted by Gasteiger charge is -2.28. The average molecular weight is 1240 g/mol. The van der Waals surface area contributed by atoms with Crippen LogP contribution in [-0.2, 0) is 59.2 Å². The zero-order valence-corrected chi connectivity index (χ0v) is 50.1. The Bertz CT molecular complexity index is 2420. The van der Waals surface area contributed by atoms with Gasteiger partial charge in [-0.1, -0.05) is 26.0 Å². The Balaban J connectivity index is 3.68. The van der Waals surface area contributed by atoms with Crippen molar-refractivity contribution in [2.24, 2.45) is 50.3 Å². The van der Waals surface area contributed by atoms with E-state index in [4.69, 9.17) is 39.5 Å². The summed E-state index contributed by atoms with van der Waals surface area (Å²) >= 11 is 2.72. The van der Waals surface area contributed by atoms with Crippen LogP contribution in [0.2, 0.25) is 0 Å². The number of aliphatic imine (C=N–C) groups is 2. The lowest BCUT2D eigenvalue weighted by molar-refractivity contribution is -0.142. The van der Waals surface area contributed by atoms with Crippen molar-refractivity contribution >= 4 is 101 Å². The van der Waals surface area contributed by atoms with Crippen LogP contribution in [0.3, 0.4) is 0 Å². The number of phenolic OH excluding ortho intramolecular Hbond substituents is 1. The number of hydrogen-bond acceptors (Lipinski definition) is 18. The number of benzene rings is 1. The first-order chi connectivity index (χ1) is 40.1. The summed E-state index contributed by atoms with van der Waals surface area (Å²) in [5.74, 6) is -11.5. The minimum Gasteiger partial charge on any atom is -0.508 e. The van der Waals surface area contributed by atoms with E-state index < -0.39 is 139 Å². The predicted molar refractivity (Wildman–Crippen MR) is 320 cm³/mol. The minimum atomic E-state index is -1.62. The summed E-state index contributed by atoms with van der Waals surface area (Å²) in [4.78, 5) is 155. The number of rotatable bonds is 44. The van der Waals surface area contributed by atoms with Crippen molar-refractivity contribution in [1.82, 2.24) is 42.5 Å². The summed E-state index contributed by atoms with van der Waals surface area (Å²) in [7, 11) is 0. The molecular weight excluding hydrogens is 1150 g/mol. The normalized spacial score (nSPS) is 14.2. The van der Waals surface area contributed by atoms with Gasteiger partial charge in [0, 0.05) is 25.9 Å². The maximum atomic E-state index is 14.5. The molecule has 85 heavy (non-hydrogen) atoms. The zero-order valence-electron chi connectivity index (χ0n) is 48.5. The van der Waals surface area contributed by atoms with Crippen LogP contribution in [0.15, 0.2) is 34.3 Å². The molecule has 0 spiro atoms. The Hall–Kier alpha value is -7.65. The summed E-state index contributed by atoms with van der Waals surface area (Å²) in [6, 6.07) is -7.16. The highest BCUT2D eigenvalue weighted by Crippen LogP contribution is 2.15. The number of guanidine groups is 2. The van der Waals surface area contributed by atoms with Gasteiger partial charge in [0.2, 0.25) is 47.3 Å². The molecule has 478 valence electrons. The quantitative estimate of drug-likeness (QED) is 0.0170. The van der Waals surface area contributed by atoms with E-state index in [0.717, 1.165) is 0 Å². The standard InChI is InChI=1S/C52H88N16O15S2/c1-28(2)25-38(67-46(78)35(16-17-40(70)71)61-42(74)31(54)27-41(72)73)49(81)64-34(11-8-22-60-52(57)58)45(77)63-33(10-7-21-59-51(55)56)44(76)62-32(9-5-6-20-53)43(75)65-36(18-23-84-3)47(79)66-37(19-24-85-4)48(80)68-39(50(82)83)26-29-12-14-30(69)15-13-29/h12-15,28,31-39,69H,5-11,16-27,53-54H2,1-4H3,(H,61,74)(H,62,76)(H,63,77)(H,64,81)(H,65,75)(H,66,79)(H,67,78)(H,68,80)(H,70,71)(H,72,73)(H,82,83)(H4,55,56,59)(H4,57,58,60)/t31-,32-,33-,34-,35-,36-,37-,38-,39-/m0/s1. The van der Waals surface area contributed by atoms with Gasteiger partial charge < -0.3 is 97.4 Å². The number of carboxylic acid groups (broad SMARTS) is 3. The molecule has 1 aromatic rings.